The van der Waals surface area contributed by atoms with Crippen LogP contribution in [0, 0.1) is 5.92 Å². The molecule has 1 N–H and O–H groups in total. The van der Waals surface area contributed by atoms with Gasteiger partial charge >= 0.3 is 0 Å². The molecule has 0 atom stereocenters. The number of ether oxygens (including phenoxy) is 4. The number of carbonyl (C=O) groups is 1. The molecule has 0 saturated carbocycles. The van der Waals surface area contributed by atoms with Gasteiger partial charge in [-0.25, -0.2) is 0 Å². The SMILES string of the molecule is COc1ccc(CCNC(=O)c2ccc(OCC(C)C)c(OC)c2)cc1OC. The van der Waals surface area contributed by atoms with Crippen molar-refractivity contribution >= 4 is 5.91 Å². The fourth-order valence-electron chi connectivity index (χ4n) is 2.64. The molecule has 0 aliphatic carbocycles. The summed E-state index contributed by atoms with van der Waals surface area (Å²) in [6.45, 7) is 5.24. The number of carbonyl (C=O) groups excluding carboxylic acids is 1. The predicted molar refractivity (Wildman–Crippen MR) is 109 cm³/mol. The molecule has 0 radical (unpaired) electrons. The van der Waals surface area contributed by atoms with E-state index in [2.05, 4.69) is 19.2 Å². The fraction of sp³-hybridized carbons (Fsp3) is 0.409. The summed E-state index contributed by atoms with van der Waals surface area (Å²) in [6.07, 6.45) is 0.679. The largest absolute Gasteiger partial charge is 0.493 e. The molecule has 2 aromatic carbocycles. The van der Waals surface area contributed by atoms with E-state index in [1.54, 1.807) is 39.5 Å². The van der Waals surface area contributed by atoms with Gasteiger partial charge in [-0.15, -0.1) is 0 Å². The Labute approximate surface area is 166 Å². The summed E-state index contributed by atoms with van der Waals surface area (Å²) in [7, 11) is 4.77. The predicted octanol–water partition coefficient (Wildman–Crippen LogP) is 3.72. The Bertz CT molecular complexity index is 788. The maximum atomic E-state index is 12.5. The lowest BCUT2D eigenvalue weighted by atomic mass is 10.1. The average Bonchev–Trinajstić information content (AvgIpc) is 2.71. The highest BCUT2D eigenvalue weighted by atomic mass is 16.5. The minimum Gasteiger partial charge on any atom is -0.493 e. The van der Waals surface area contributed by atoms with Crippen LogP contribution in [0.25, 0.3) is 0 Å². The molecular formula is C22H29NO5. The molecule has 0 bridgehead atoms. The third-order valence-electron chi connectivity index (χ3n) is 4.15. The van der Waals surface area contributed by atoms with Gasteiger partial charge in [-0.3, -0.25) is 4.79 Å². The molecule has 0 heterocycles. The number of nitrogens with one attached hydrogen (secondary N) is 1. The Kier molecular flexibility index (Phi) is 7.99. The molecular weight excluding hydrogens is 358 g/mol. The minimum absolute atomic E-state index is 0.158. The maximum Gasteiger partial charge on any atom is 0.251 e. The second kappa shape index (κ2) is 10.4. The van der Waals surface area contributed by atoms with Crippen LogP contribution in [0.3, 0.4) is 0 Å². The molecule has 2 rings (SSSR count). The Morgan fingerprint density at radius 2 is 1.54 bits per heavy atom. The van der Waals surface area contributed by atoms with Crippen LogP contribution in [0.2, 0.25) is 0 Å². The first-order valence-electron chi connectivity index (χ1n) is 9.28. The molecule has 6 heteroatoms. The molecule has 0 aromatic heterocycles. The smallest absolute Gasteiger partial charge is 0.251 e. The van der Waals surface area contributed by atoms with Gasteiger partial charge in [-0.2, -0.15) is 0 Å². The van der Waals surface area contributed by atoms with Crippen molar-refractivity contribution in [2.75, 3.05) is 34.5 Å². The standard InChI is InChI=1S/C22H29NO5/c1-15(2)14-28-19-9-7-17(13-21(19)27-5)22(24)23-11-10-16-6-8-18(25-3)20(12-16)26-4/h6-9,12-13,15H,10-11,14H2,1-5H3,(H,23,24). The van der Waals surface area contributed by atoms with E-state index in [4.69, 9.17) is 18.9 Å². The molecule has 0 aliphatic heterocycles. The molecule has 0 aliphatic rings. The lowest BCUT2D eigenvalue weighted by Gasteiger charge is -2.14. The van der Waals surface area contributed by atoms with Crippen molar-refractivity contribution in [3.05, 3.63) is 47.5 Å². The first kappa shape index (κ1) is 21.4. The Morgan fingerprint density at radius 1 is 0.893 bits per heavy atom. The summed E-state index contributed by atoms with van der Waals surface area (Å²) in [5, 5.41) is 2.93. The highest BCUT2D eigenvalue weighted by Crippen LogP contribution is 2.29. The second-order valence-corrected chi connectivity index (χ2v) is 6.77. The summed E-state index contributed by atoms with van der Waals surface area (Å²) in [6, 6.07) is 10.9. The van der Waals surface area contributed by atoms with Gasteiger partial charge in [0.25, 0.3) is 5.91 Å². The van der Waals surface area contributed by atoms with Crippen LogP contribution in [0.15, 0.2) is 36.4 Å². The van der Waals surface area contributed by atoms with Crippen LogP contribution in [0.4, 0.5) is 0 Å². The molecule has 1 amide bonds. The Balaban J connectivity index is 1.95. The number of hydrogen-bond donors (Lipinski definition) is 1. The van der Waals surface area contributed by atoms with Crippen LogP contribution in [0.5, 0.6) is 23.0 Å². The third kappa shape index (κ3) is 5.81. The summed E-state index contributed by atoms with van der Waals surface area (Å²) < 4.78 is 21.6. The molecule has 2 aromatic rings. The zero-order valence-electron chi connectivity index (χ0n) is 17.2. The van der Waals surface area contributed by atoms with Gasteiger partial charge in [0.05, 0.1) is 27.9 Å². The van der Waals surface area contributed by atoms with Gasteiger partial charge in [-0.1, -0.05) is 19.9 Å². The van der Waals surface area contributed by atoms with Crippen LogP contribution in [-0.2, 0) is 6.42 Å². The average molecular weight is 387 g/mol. The molecule has 152 valence electrons. The highest BCUT2D eigenvalue weighted by Gasteiger charge is 2.12. The lowest BCUT2D eigenvalue weighted by Crippen LogP contribution is -2.25. The molecule has 0 fully saturated rings. The molecule has 28 heavy (non-hydrogen) atoms. The first-order chi connectivity index (χ1) is 13.5. The summed E-state index contributed by atoms with van der Waals surface area (Å²) in [5.41, 5.74) is 1.58. The van der Waals surface area contributed by atoms with Gasteiger partial charge in [0.2, 0.25) is 0 Å². The van der Waals surface area contributed by atoms with Crippen molar-refractivity contribution < 1.29 is 23.7 Å². The Hall–Kier alpha value is -2.89. The van der Waals surface area contributed by atoms with Gasteiger partial charge in [0, 0.05) is 12.1 Å². The fourth-order valence-corrected chi connectivity index (χ4v) is 2.64. The van der Waals surface area contributed by atoms with E-state index in [0.29, 0.717) is 54.1 Å². The third-order valence-corrected chi connectivity index (χ3v) is 4.15. The topological polar surface area (TPSA) is 66.0 Å². The zero-order valence-corrected chi connectivity index (χ0v) is 17.2. The van der Waals surface area contributed by atoms with E-state index in [-0.39, 0.29) is 5.91 Å². The number of amides is 1. The molecule has 0 saturated heterocycles. The maximum absolute atomic E-state index is 12.5. The van der Waals surface area contributed by atoms with E-state index in [9.17, 15) is 4.79 Å². The van der Waals surface area contributed by atoms with Crippen molar-refractivity contribution in [1.29, 1.82) is 0 Å². The monoisotopic (exact) mass is 387 g/mol. The normalized spacial score (nSPS) is 10.5. The number of benzene rings is 2. The van der Waals surface area contributed by atoms with Crippen LogP contribution >= 0.6 is 0 Å². The quantitative estimate of drug-likeness (QED) is 0.673. The van der Waals surface area contributed by atoms with E-state index >= 15 is 0 Å². The van der Waals surface area contributed by atoms with E-state index < -0.39 is 0 Å². The summed E-state index contributed by atoms with van der Waals surface area (Å²) in [5.74, 6) is 2.79. The van der Waals surface area contributed by atoms with Gasteiger partial charge in [0.15, 0.2) is 23.0 Å². The van der Waals surface area contributed by atoms with Gasteiger partial charge in [0.1, 0.15) is 0 Å². The second-order valence-electron chi connectivity index (χ2n) is 6.77. The number of methoxy groups -OCH3 is 3. The van der Waals surface area contributed by atoms with Gasteiger partial charge < -0.3 is 24.3 Å². The van der Waals surface area contributed by atoms with Crippen molar-refractivity contribution in [1.82, 2.24) is 5.32 Å². The number of rotatable bonds is 10. The number of hydrogen-bond acceptors (Lipinski definition) is 5. The van der Waals surface area contributed by atoms with Crippen molar-refractivity contribution in [3.63, 3.8) is 0 Å². The molecule has 6 nitrogen and oxygen atoms in total. The van der Waals surface area contributed by atoms with Crippen LogP contribution in [-0.4, -0.2) is 40.4 Å². The van der Waals surface area contributed by atoms with Gasteiger partial charge in [-0.05, 0) is 48.2 Å². The summed E-state index contributed by atoms with van der Waals surface area (Å²) in [4.78, 5) is 12.5. The van der Waals surface area contributed by atoms with Crippen molar-refractivity contribution in [2.45, 2.75) is 20.3 Å². The first-order valence-corrected chi connectivity index (χ1v) is 9.28. The minimum atomic E-state index is -0.158. The van der Waals surface area contributed by atoms with Crippen LogP contribution < -0.4 is 24.3 Å². The zero-order chi connectivity index (χ0) is 20.5. The van der Waals surface area contributed by atoms with E-state index in [0.717, 1.165) is 5.56 Å². The lowest BCUT2D eigenvalue weighted by molar-refractivity contribution is 0.0953. The van der Waals surface area contributed by atoms with Crippen LogP contribution in [0.1, 0.15) is 29.8 Å². The summed E-state index contributed by atoms with van der Waals surface area (Å²) >= 11 is 0. The Morgan fingerprint density at radius 3 is 2.18 bits per heavy atom. The van der Waals surface area contributed by atoms with Crippen molar-refractivity contribution in [3.8, 4) is 23.0 Å². The van der Waals surface area contributed by atoms with E-state index in [1.165, 1.54) is 0 Å². The van der Waals surface area contributed by atoms with Crippen molar-refractivity contribution in [2.24, 2.45) is 5.92 Å². The molecule has 0 unspecified atom stereocenters. The molecule has 0 spiro atoms. The highest BCUT2D eigenvalue weighted by molar-refractivity contribution is 5.94. The van der Waals surface area contributed by atoms with E-state index in [1.807, 2.05) is 18.2 Å².